The molecule has 1 N–H and O–H groups in total. The molecule has 2 fully saturated rings. The zero-order valence-electron chi connectivity index (χ0n) is 14.4. The fourth-order valence-electron chi connectivity index (χ4n) is 4.90. The molecule has 1 saturated heterocycles. The van der Waals surface area contributed by atoms with E-state index in [1.807, 2.05) is 6.92 Å². The van der Waals surface area contributed by atoms with Crippen LogP contribution in [-0.4, -0.2) is 29.4 Å². The summed E-state index contributed by atoms with van der Waals surface area (Å²) in [4.78, 5) is 12.4. The van der Waals surface area contributed by atoms with Crippen LogP contribution >= 0.6 is 0 Å². The molecule has 0 aromatic carbocycles. The molecule has 1 aromatic rings. The summed E-state index contributed by atoms with van der Waals surface area (Å²) in [6.07, 6.45) is 4.30. The molecule has 4 rings (SSSR count). The van der Waals surface area contributed by atoms with E-state index in [4.69, 9.17) is 13.9 Å². The Hall–Kier alpha value is -1.59. The number of hydrogen-bond acceptors (Lipinski definition) is 5. The van der Waals surface area contributed by atoms with E-state index in [9.17, 15) is 9.90 Å². The van der Waals surface area contributed by atoms with Gasteiger partial charge in [-0.1, -0.05) is 20.4 Å². The van der Waals surface area contributed by atoms with E-state index >= 15 is 0 Å². The number of epoxide rings is 1. The van der Waals surface area contributed by atoms with Crippen LogP contribution in [0, 0.1) is 18.3 Å². The van der Waals surface area contributed by atoms with Crippen molar-refractivity contribution in [2.45, 2.75) is 57.8 Å². The Kier molecular flexibility index (Phi) is 3.29. The maximum absolute atomic E-state index is 12.4. The fourth-order valence-corrected chi connectivity index (χ4v) is 4.90. The van der Waals surface area contributed by atoms with Gasteiger partial charge in [-0.25, -0.2) is 4.79 Å². The molecule has 5 nitrogen and oxygen atoms in total. The highest BCUT2D eigenvalue weighted by Gasteiger charge is 2.75. The lowest BCUT2D eigenvalue weighted by Crippen LogP contribution is -2.54. The summed E-state index contributed by atoms with van der Waals surface area (Å²) in [5, 5.41) is 9.21. The van der Waals surface area contributed by atoms with Gasteiger partial charge in [-0.15, -0.1) is 0 Å². The molecule has 0 amide bonds. The SMILES string of the molecule is C=C(CO)C(=O)O[C@@H]1c2c(C)coc2C[C@@]23O[C@@H]2CC[C@H](C)[C@@]13C. The molecule has 1 aliphatic heterocycles. The largest absolute Gasteiger partial charge is 0.469 e. The average Bonchev–Trinajstić information content (AvgIpc) is 3.17. The molecule has 0 unspecified atom stereocenters. The van der Waals surface area contributed by atoms with Crippen LogP contribution in [0.15, 0.2) is 22.8 Å². The van der Waals surface area contributed by atoms with Crippen molar-refractivity contribution < 1.29 is 23.8 Å². The highest BCUT2D eigenvalue weighted by atomic mass is 16.6. The molecule has 2 heterocycles. The molecule has 3 aliphatic rings. The second-order valence-corrected chi connectivity index (χ2v) is 7.74. The lowest BCUT2D eigenvalue weighted by molar-refractivity contribution is -0.164. The van der Waals surface area contributed by atoms with Crippen LogP contribution < -0.4 is 0 Å². The van der Waals surface area contributed by atoms with Crippen LogP contribution in [0.3, 0.4) is 0 Å². The summed E-state index contributed by atoms with van der Waals surface area (Å²) in [6.45, 7) is 9.55. The Labute approximate surface area is 141 Å². The standard InChI is InChI=1S/C19H24O5/c1-10(8-20)17(21)23-16-15-11(2)9-22-13(15)7-19-14(24-19)6-5-12(3)18(16,19)4/h9,12,14,16,20H,1,5-8H2,2-4H3/t12-,14+,16+,18-,19+/m0/s1. The van der Waals surface area contributed by atoms with Gasteiger partial charge in [0.2, 0.25) is 0 Å². The first-order chi connectivity index (χ1) is 11.3. The van der Waals surface area contributed by atoms with Crippen molar-refractivity contribution in [3.63, 3.8) is 0 Å². The molecular weight excluding hydrogens is 308 g/mol. The van der Waals surface area contributed by atoms with E-state index in [0.29, 0.717) is 5.92 Å². The van der Waals surface area contributed by atoms with Gasteiger partial charge in [-0.05, 0) is 31.2 Å². The van der Waals surface area contributed by atoms with Crippen molar-refractivity contribution >= 4 is 5.97 Å². The van der Waals surface area contributed by atoms with Gasteiger partial charge in [-0.3, -0.25) is 0 Å². The third-order valence-corrected chi connectivity index (χ3v) is 6.65. The number of ether oxygens (including phenoxy) is 2. The normalized spacial score (nSPS) is 39.4. The van der Waals surface area contributed by atoms with Gasteiger partial charge in [0.1, 0.15) is 17.5 Å². The predicted octanol–water partition coefficient (Wildman–Crippen LogP) is 2.85. The highest BCUT2D eigenvalue weighted by molar-refractivity contribution is 5.88. The molecule has 24 heavy (non-hydrogen) atoms. The Bertz CT molecular complexity index is 719. The van der Waals surface area contributed by atoms with E-state index in [-0.39, 0.29) is 22.7 Å². The Morgan fingerprint density at radius 2 is 2.25 bits per heavy atom. The minimum Gasteiger partial charge on any atom is -0.469 e. The summed E-state index contributed by atoms with van der Waals surface area (Å²) in [6, 6.07) is 0. The number of aliphatic hydroxyl groups excluding tert-OH is 1. The zero-order valence-corrected chi connectivity index (χ0v) is 14.4. The van der Waals surface area contributed by atoms with E-state index in [1.54, 1.807) is 6.26 Å². The topological polar surface area (TPSA) is 72.2 Å². The summed E-state index contributed by atoms with van der Waals surface area (Å²) < 4.78 is 17.9. The minimum atomic E-state index is -0.553. The van der Waals surface area contributed by atoms with Crippen LogP contribution in [-0.2, 0) is 20.7 Å². The molecule has 1 spiro atoms. The van der Waals surface area contributed by atoms with E-state index in [0.717, 1.165) is 36.1 Å². The number of aryl methyl sites for hydroxylation is 1. The number of aliphatic hydroxyl groups is 1. The molecule has 0 radical (unpaired) electrons. The third kappa shape index (κ3) is 1.80. The Morgan fingerprint density at radius 3 is 2.96 bits per heavy atom. The molecule has 1 saturated carbocycles. The first-order valence-electron chi connectivity index (χ1n) is 8.59. The Morgan fingerprint density at radius 1 is 1.50 bits per heavy atom. The number of rotatable bonds is 3. The number of fused-ring (bicyclic) bond motifs is 1. The van der Waals surface area contributed by atoms with Gasteiger partial charge in [0.15, 0.2) is 0 Å². The van der Waals surface area contributed by atoms with Crippen LogP contribution in [0.2, 0.25) is 0 Å². The lowest BCUT2D eigenvalue weighted by atomic mass is 9.53. The van der Waals surface area contributed by atoms with Gasteiger partial charge < -0.3 is 19.0 Å². The van der Waals surface area contributed by atoms with Crippen LogP contribution in [0.25, 0.3) is 0 Å². The van der Waals surface area contributed by atoms with Gasteiger partial charge in [0, 0.05) is 17.4 Å². The van der Waals surface area contributed by atoms with Crippen molar-refractivity contribution in [2.75, 3.05) is 6.61 Å². The second-order valence-electron chi connectivity index (χ2n) is 7.74. The molecule has 130 valence electrons. The summed E-state index contributed by atoms with van der Waals surface area (Å²) in [5.74, 6) is 0.648. The van der Waals surface area contributed by atoms with E-state index in [1.165, 1.54) is 0 Å². The van der Waals surface area contributed by atoms with Crippen LogP contribution in [0.1, 0.15) is 49.7 Å². The predicted molar refractivity (Wildman–Crippen MR) is 86.3 cm³/mol. The minimum absolute atomic E-state index is 0.0673. The van der Waals surface area contributed by atoms with Crippen molar-refractivity contribution in [1.82, 2.24) is 0 Å². The Balaban J connectivity index is 1.82. The summed E-state index contributed by atoms with van der Waals surface area (Å²) in [5.41, 5.74) is 1.39. The number of carbonyl (C=O) groups excluding carboxylic acids is 1. The van der Waals surface area contributed by atoms with Crippen LogP contribution in [0.4, 0.5) is 0 Å². The zero-order chi connectivity index (χ0) is 17.3. The monoisotopic (exact) mass is 332 g/mol. The van der Waals surface area contributed by atoms with Gasteiger partial charge in [0.05, 0.1) is 24.5 Å². The smallest absolute Gasteiger partial charge is 0.336 e. The molecule has 1 aromatic heterocycles. The number of esters is 1. The van der Waals surface area contributed by atoms with Crippen molar-refractivity contribution in [3.05, 3.63) is 35.3 Å². The highest BCUT2D eigenvalue weighted by Crippen LogP contribution is 2.69. The average molecular weight is 332 g/mol. The number of hydrogen-bond donors (Lipinski definition) is 1. The molecule has 0 bridgehead atoms. The van der Waals surface area contributed by atoms with Crippen LogP contribution in [0.5, 0.6) is 0 Å². The summed E-state index contributed by atoms with van der Waals surface area (Å²) >= 11 is 0. The van der Waals surface area contributed by atoms with E-state index in [2.05, 4.69) is 20.4 Å². The maximum atomic E-state index is 12.4. The molecular formula is C19H24O5. The second kappa shape index (κ2) is 4.96. The van der Waals surface area contributed by atoms with Gasteiger partial charge >= 0.3 is 5.97 Å². The first-order valence-corrected chi connectivity index (χ1v) is 8.59. The number of carbonyl (C=O) groups is 1. The number of furan rings is 1. The van der Waals surface area contributed by atoms with Crippen molar-refractivity contribution in [3.8, 4) is 0 Å². The van der Waals surface area contributed by atoms with Gasteiger partial charge in [-0.2, -0.15) is 0 Å². The molecule has 2 aliphatic carbocycles. The van der Waals surface area contributed by atoms with E-state index < -0.39 is 18.7 Å². The molecule has 5 heteroatoms. The molecule has 5 atom stereocenters. The quantitative estimate of drug-likeness (QED) is 0.523. The van der Waals surface area contributed by atoms with Gasteiger partial charge in [0.25, 0.3) is 0 Å². The summed E-state index contributed by atoms with van der Waals surface area (Å²) in [7, 11) is 0. The maximum Gasteiger partial charge on any atom is 0.336 e. The van der Waals surface area contributed by atoms with Crippen molar-refractivity contribution in [1.29, 1.82) is 0 Å². The van der Waals surface area contributed by atoms with Crippen molar-refractivity contribution in [2.24, 2.45) is 11.3 Å². The third-order valence-electron chi connectivity index (χ3n) is 6.65. The first kappa shape index (κ1) is 15.9. The lowest BCUT2D eigenvalue weighted by Gasteiger charge is -2.50. The fraction of sp³-hybridized carbons (Fsp3) is 0.632.